The molecule has 2 heteroatoms. The number of thiol groups is 1. The Morgan fingerprint density at radius 3 is 2.69 bits per heavy atom. The van der Waals surface area contributed by atoms with Gasteiger partial charge in [0.25, 0.3) is 0 Å². The van der Waals surface area contributed by atoms with Gasteiger partial charge in [-0.05, 0) is 37.9 Å². The van der Waals surface area contributed by atoms with Crippen LogP contribution in [0.1, 0.15) is 16.7 Å². The van der Waals surface area contributed by atoms with Gasteiger partial charge in [0, 0.05) is 5.88 Å². The predicted molar refractivity (Wildman–Crippen MR) is 61.5 cm³/mol. The molecule has 0 saturated carbocycles. The van der Waals surface area contributed by atoms with Crippen LogP contribution in [0.5, 0.6) is 0 Å². The molecule has 0 aliphatic rings. The Bertz CT molecular complexity index is 271. The first-order valence-corrected chi connectivity index (χ1v) is 5.25. The summed E-state index contributed by atoms with van der Waals surface area (Å²) in [5.41, 5.74) is 4.16. The molecule has 0 unspecified atom stereocenters. The minimum atomic E-state index is 0.755. The number of rotatable bonds is 4. The molecule has 0 bridgehead atoms. The second kappa shape index (κ2) is 5.30. The van der Waals surface area contributed by atoms with E-state index in [4.69, 9.17) is 0 Å². The smallest absolute Gasteiger partial charge is 0.0387 e. The van der Waals surface area contributed by atoms with Crippen LogP contribution < -0.4 is 5.32 Å². The largest absolute Gasteiger partial charge is 0.308 e. The van der Waals surface area contributed by atoms with E-state index in [9.17, 15) is 0 Å². The first-order valence-electron chi connectivity index (χ1n) is 4.61. The van der Waals surface area contributed by atoms with Crippen molar-refractivity contribution in [1.29, 1.82) is 0 Å². The van der Waals surface area contributed by atoms with Gasteiger partial charge >= 0.3 is 0 Å². The molecule has 1 aromatic rings. The zero-order chi connectivity index (χ0) is 9.68. The lowest BCUT2D eigenvalue weighted by Crippen LogP contribution is -2.15. The third-order valence-corrected chi connectivity index (χ3v) is 2.40. The molecule has 0 aromatic heterocycles. The van der Waals surface area contributed by atoms with Crippen molar-refractivity contribution in [2.45, 2.75) is 20.3 Å². The third-order valence-electron chi connectivity index (χ3n) is 2.18. The molecule has 0 saturated heterocycles. The highest BCUT2D eigenvalue weighted by molar-refractivity contribution is 7.80. The number of hydrogen-bond acceptors (Lipinski definition) is 2. The van der Waals surface area contributed by atoms with E-state index in [0.29, 0.717) is 0 Å². The summed E-state index contributed by atoms with van der Waals surface area (Å²) in [7, 11) is 0. The van der Waals surface area contributed by atoms with E-state index in [-0.39, 0.29) is 0 Å². The summed E-state index contributed by atoms with van der Waals surface area (Å²) >= 11 is 4.10. The van der Waals surface area contributed by atoms with E-state index in [1.54, 1.807) is 0 Å². The third kappa shape index (κ3) is 3.41. The van der Waals surface area contributed by atoms with Gasteiger partial charge < -0.3 is 5.32 Å². The van der Waals surface area contributed by atoms with Crippen molar-refractivity contribution in [3.63, 3.8) is 0 Å². The van der Waals surface area contributed by atoms with Gasteiger partial charge in [-0.2, -0.15) is 12.6 Å². The van der Waals surface area contributed by atoms with E-state index in [1.807, 2.05) is 0 Å². The molecule has 1 nitrogen and oxygen atoms in total. The number of benzene rings is 1. The fraction of sp³-hybridized carbons (Fsp3) is 0.455. The Hall–Kier alpha value is -0.470. The van der Waals surface area contributed by atoms with Crippen LogP contribution in [0, 0.1) is 13.8 Å². The first kappa shape index (κ1) is 10.6. The molecule has 0 heterocycles. The lowest BCUT2D eigenvalue weighted by Gasteiger charge is -2.06. The summed E-state index contributed by atoms with van der Waals surface area (Å²) < 4.78 is 0. The molecule has 1 aromatic carbocycles. The summed E-state index contributed by atoms with van der Waals surface area (Å²) in [4.78, 5) is 0. The van der Waals surface area contributed by atoms with Crippen LogP contribution in [0.3, 0.4) is 0 Å². The topological polar surface area (TPSA) is 12.0 Å². The SMILES string of the molecule is Cc1ccc(CCNCS)c(C)c1. The molecular weight excluding hydrogens is 178 g/mol. The van der Waals surface area contributed by atoms with Crippen molar-refractivity contribution < 1.29 is 0 Å². The molecule has 72 valence electrons. The van der Waals surface area contributed by atoms with Gasteiger partial charge in [0.05, 0.1) is 0 Å². The summed E-state index contributed by atoms with van der Waals surface area (Å²) in [6, 6.07) is 6.62. The van der Waals surface area contributed by atoms with Gasteiger partial charge in [-0.15, -0.1) is 0 Å². The fourth-order valence-corrected chi connectivity index (χ4v) is 1.59. The zero-order valence-electron chi connectivity index (χ0n) is 8.30. The van der Waals surface area contributed by atoms with Crippen LogP contribution in [-0.4, -0.2) is 12.4 Å². The Balaban J connectivity index is 2.56. The Labute approximate surface area is 86.0 Å². The van der Waals surface area contributed by atoms with Crippen molar-refractivity contribution in [3.05, 3.63) is 34.9 Å². The Kier molecular flexibility index (Phi) is 4.33. The minimum Gasteiger partial charge on any atom is -0.308 e. The second-order valence-electron chi connectivity index (χ2n) is 3.34. The van der Waals surface area contributed by atoms with Gasteiger partial charge in [-0.3, -0.25) is 0 Å². The highest BCUT2D eigenvalue weighted by atomic mass is 32.1. The van der Waals surface area contributed by atoms with Crippen LogP contribution in [-0.2, 0) is 6.42 Å². The lowest BCUT2D eigenvalue weighted by atomic mass is 10.0. The molecular formula is C11H17NS. The molecule has 13 heavy (non-hydrogen) atoms. The summed E-state index contributed by atoms with van der Waals surface area (Å²) in [6.07, 6.45) is 1.09. The molecule has 0 atom stereocenters. The fourth-order valence-electron chi connectivity index (χ4n) is 1.43. The predicted octanol–water partition coefficient (Wildman–Crippen LogP) is 2.32. The van der Waals surface area contributed by atoms with Crippen molar-refractivity contribution >= 4 is 12.6 Å². The van der Waals surface area contributed by atoms with Gasteiger partial charge in [0.15, 0.2) is 0 Å². The molecule has 0 radical (unpaired) electrons. The van der Waals surface area contributed by atoms with Gasteiger partial charge in [-0.1, -0.05) is 23.8 Å². The number of nitrogens with one attached hydrogen (secondary N) is 1. The molecule has 0 spiro atoms. The molecule has 0 amide bonds. The average Bonchev–Trinajstić information content (AvgIpc) is 2.09. The average molecular weight is 195 g/mol. The highest BCUT2D eigenvalue weighted by Gasteiger charge is 1.97. The molecule has 1 N–H and O–H groups in total. The van der Waals surface area contributed by atoms with Crippen molar-refractivity contribution in [3.8, 4) is 0 Å². The van der Waals surface area contributed by atoms with E-state index >= 15 is 0 Å². The van der Waals surface area contributed by atoms with Crippen LogP contribution >= 0.6 is 12.6 Å². The molecule has 0 aliphatic heterocycles. The highest BCUT2D eigenvalue weighted by Crippen LogP contribution is 2.10. The standard InChI is InChI=1S/C11H17NS/c1-9-3-4-11(10(2)7-9)5-6-12-8-13/h3-4,7,12-13H,5-6,8H2,1-2H3. The summed E-state index contributed by atoms with van der Waals surface area (Å²) in [6.45, 7) is 5.30. The van der Waals surface area contributed by atoms with Crippen molar-refractivity contribution in [2.24, 2.45) is 0 Å². The van der Waals surface area contributed by atoms with Crippen LogP contribution in [0.25, 0.3) is 0 Å². The first-order chi connectivity index (χ1) is 6.24. The van der Waals surface area contributed by atoms with Crippen molar-refractivity contribution in [1.82, 2.24) is 5.32 Å². The van der Waals surface area contributed by atoms with E-state index in [0.717, 1.165) is 18.8 Å². The zero-order valence-corrected chi connectivity index (χ0v) is 9.20. The molecule has 0 aliphatic carbocycles. The van der Waals surface area contributed by atoms with Gasteiger partial charge in [-0.25, -0.2) is 0 Å². The lowest BCUT2D eigenvalue weighted by molar-refractivity contribution is 0.773. The maximum Gasteiger partial charge on any atom is 0.0387 e. The van der Waals surface area contributed by atoms with E-state index in [2.05, 4.69) is 50.0 Å². The van der Waals surface area contributed by atoms with E-state index in [1.165, 1.54) is 16.7 Å². The van der Waals surface area contributed by atoms with Crippen LogP contribution in [0.4, 0.5) is 0 Å². The number of hydrogen-bond donors (Lipinski definition) is 2. The number of aryl methyl sites for hydroxylation is 2. The monoisotopic (exact) mass is 195 g/mol. The van der Waals surface area contributed by atoms with Crippen LogP contribution in [0.15, 0.2) is 18.2 Å². The summed E-state index contributed by atoms with van der Waals surface area (Å²) in [5.74, 6) is 0.755. The van der Waals surface area contributed by atoms with Gasteiger partial charge in [0.1, 0.15) is 0 Å². The molecule has 0 fully saturated rings. The second-order valence-corrected chi connectivity index (χ2v) is 3.65. The Morgan fingerprint density at radius 2 is 2.08 bits per heavy atom. The maximum atomic E-state index is 4.10. The quantitative estimate of drug-likeness (QED) is 0.427. The maximum absolute atomic E-state index is 4.10. The van der Waals surface area contributed by atoms with E-state index < -0.39 is 0 Å². The minimum absolute atomic E-state index is 0.755. The van der Waals surface area contributed by atoms with Crippen LogP contribution in [0.2, 0.25) is 0 Å². The van der Waals surface area contributed by atoms with Gasteiger partial charge in [0.2, 0.25) is 0 Å². The Morgan fingerprint density at radius 1 is 1.31 bits per heavy atom. The van der Waals surface area contributed by atoms with Crippen molar-refractivity contribution in [2.75, 3.05) is 12.4 Å². The normalized spacial score (nSPS) is 10.4. The molecule has 1 rings (SSSR count). The summed E-state index contributed by atoms with van der Waals surface area (Å²) in [5, 5.41) is 3.20.